The number of carbonyl (C=O) groups is 1. The molecular weight excluding hydrogens is 360 g/mol. The molecule has 0 radical (unpaired) electrons. The van der Waals surface area contributed by atoms with Crippen LogP contribution in [0, 0.1) is 5.92 Å². The lowest BCUT2D eigenvalue weighted by atomic mass is 10.1. The van der Waals surface area contributed by atoms with Gasteiger partial charge in [-0.05, 0) is 24.7 Å². The van der Waals surface area contributed by atoms with E-state index in [1.165, 1.54) is 0 Å². The number of amides is 1. The van der Waals surface area contributed by atoms with Crippen molar-refractivity contribution in [2.24, 2.45) is 5.92 Å². The van der Waals surface area contributed by atoms with Crippen molar-refractivity contribution >= 4 is 34.2 Å². The predicted octanol–water partition coefficient (Wildman–Crippen LogP) is 2.36. The zero-order valence-corrected chi connectivity index (χ0v) is 15.1. The third-order valence-electron chi connectivity index (χ3n) is 2.96. The molecule has 0 aromatic heterocycles. The summed E-state index contributed by atoms with van der Waals surface area (Å²) in [5, 5.41) is 5.89. The minimum Gasteiger partial charge on any atom is -0.493 e. The van der Waals surface area contributed by atoms with Gasteiger partial charge in [-0.25, -0.2) is 0 Å². The second-order valence-corrected chi connectivity index (χ2v) is 5.33. The average Bonchev–Trinajstić information content (AvgIpc) is 2.45. The van der Waals surface area contributed by atoms with Gasteiger partial charge in [-0.15, -0.1) is 12.4 Å². The monoisotopic (exact) mass is 380 g/mol. The Hall–Kier alpha value is -0.980. The lowest BCUT2D eigenvalue weighted by molar-refractivity contribution is -0.124. The summed E-state index contributed by atoms with van der Waals surface area (Å²) >= 11 is 3.47. The van der Waals surface area contributed by atoms with Crippen LogP contribution in [-0.2, 0) is 11.3 Å². The Morgan fingerprint density at radius 3 is 2.38 bits per heavy atom. The molecule has 0 spiro atoms. The fourth-order valence-corrected chi connectivity index (χ4v) is 2.25. The summed E-state index contributed by atoms with van der Waals surface area (Å²) < 4.78 is 11.3. The number of halogens is 2. The number of methoxy groups -OCH3 is 2. The second-order valence-electron chi connectivity index (χ2n) is 4.48. The molecule has 0 bridgehead atoms. The van der Waals surface area contributed by atoms with Crippen molar-refractivity contribution in [2.75, 3.05) is 27.8 Å². The second kappa shape index (κ2) is 9.87. The summed E-state index contributed by atoms with van der Waals surface area (Å²) in [7, 11) is 5.00. The number of hydrogen-bond donors (Lipinski definition) is 2. The molecular formula is C14H22BrClN2O3. The first-order valence-electron chi connectivity index (χ1n) is 6.36. The van der Waals surface area contributed by atoms with Crippen LogP contribution in [0.15, 0.2) is 16.6 Å². The van der Waals surface area contributed by atoms with Crippen LogP contribution in [0.2, 0.25) is 0 Å². The quantitative estimate of drug-likeness (QED) is 0.761. The smallest absolute Gasteiger partial charge is 0.224 e. The maximum absolute atomic E-state index is 11.9. The zero-order valence-electron chi connectivity index (χ0n) is 12.7. The van der Waals surface area contributed by atoms with Crippen LogP contribution in [0.4, 0.5) is 0 Å². The summed E-state index contributed by atoms with van der Waals surface area (Å²) in [4.78, 5) is 11.9. The molecule has 1 aromatic rings. The van der Waals surface area contributed by atoms with Crippen LogP contribution < -0.4 is 20.1 Å². The molecule has 0 saturated heterocycles. The van der Waals surface area contributed by atoms with Crippen LogP contribution in [0.5, 0.6) is 11.5 Å². The van der Waals surface area contributed by atoms with E-state index in [0.717, 1.165) is 10.0 Å². The molecule has 0 aliphatic rings. The highest BCUT2D eigenvalue weighted by Gasteiger charge is 2.13. The highest BCUT2D eigenvalue weighted by Crippen LogP contribution is 2.33. The molecule has 0 aliphatic carbocycles. The summed E-state index contributed by atoms with van der Waals surface area (Å²) in [6.45, 7) is 2.97. The van der Waals surface area contributed by atoms with Crippen LogP contribution in [-0.4, -0.2) is 33.7 Å². The first-order chi connectivity index (χ1) is 9.53. The van der Waals surface area contributed by atoms with Gasteiger partial charge in [-0.2, -0.15) is 0 Å². The lowest BCUT2D eigenvalue weighted by Gasteiger charge is -2.14. The third kappa shape index (κ3) is 5.73. The molecule has 1 amide bonds. The molecule has 21 heavy (non-hydrogen) atoms. The number of nitrogens with one attached hydrogen (secondary N) is 2. The summed E-state index contributed by atoms with van der Waals surface area (Å²) in [6.07, 6.45) is 0. The van der Waals surface area contributed by atoms with Crippen LogP contribution in [0.3, 0.4) is 0 Å². The Balaban J connectivity index is 0.00000400. The van der Waals surface area contributed by atoms with Gasteiger partial charge < -0.3 is 20.1 Å². The van der Waals surface area contributed by atoms with E-state index in [1.807, 2.05) is 26.1 Å². The maximum atomic E-state index is 11.9. The van der Waals surface area contributed by atoms with E-state index in [1.54, 1.807) is 14.2 Å². The van der Waals surface area contributed by atoms with Crippen molar-refractivity contribution in [3.8, 4) is 11.5 Å². The number of rotatable bonds is 7. The van der Waals surface area contributed by atoms with Crippen molar-refractivity contribution in [1.82, 2.24) is 10.6 Å². The van der Waals surface area contributed by atoms with Gasteiger partial charge in [0.15, 0.2) is 11.5 Å². The molecule has 1 atom stereocenters. The standard InChI is InChI=1S/C14H21BrN2O3.ClH/c1-9(7-16-2)14(18)17-8-10-5-12(19-3)13(20-4)6-11(10)15;/h5-6,9,16H,7-8H2,1-4H3,(H,17,18);1H. The van der Waals surface area contributed by atoms with Crippen LogP contribution in [0.1, 0.15) is 12.5 Å². The van der Waals surface area contributed by atoms with Crippen molar-refractivity contribution in [3.05, 3.63) is 22.2 Å². The Morgan fingerprint density at radius 1 is 1.29 bits per heavy atom. The van der Waals surface area contributed by atoms with Gasteiger partial charge in [-0.3, -0.25) is 4.79 Å². The molecule has 5 nitrogen and oxygen atoms in total. The van der Waals surface area contributed by atoms with Gasteiger partial charge in [0.2, 0.25) is 5.91 Å². The Labute approximate surface area is 140 Å². The molecule has 0 saturated carbocycles. The maximum Gasteiger partial charge on any atom is 0.224 e. The van der Waals surface area contributed by atoms with Crippen molar-refractivity contribution < 1.29 is 14.3 Å². The number of carbonyl (C=O) groups excluding carboxylic acids is 1. The van der Waals surface area contributed by atoms with Crippen LogP contribution in [0.25, 0.3) is 0 Å². The normalized spacial score (nSPS) is 11.3. The highest BCUT2D eigenvalue weighted by atomic mass is 79.9. The molecule has 0 aliphatic heterocycles. The number of benzene rings is 1. The minimum atomic E-state index is -0.0704. The fraction of sp³-hybridized carbons (Fsp3) is 0.500. The van der Waals surface area contributed by atoms with E-state index in [4.69, 9.17) is 9.47 Å². The molecule has 120 valence electrons. The van der Waals surface area contributed by atoms with Gasteiger partial charge in [0, 0.05) is 23.5 Å². The number of ether oxygens (including phenoxy) is 2. The van der Waals surface area contributed by atoms with Gasteiger partial charge in [0.1, 0.15) is 0 Å². The van der Waals surface area contributed by atoms with Gasteiger partial charge >= 0.3 is 0 Å². The van der Waals surface area contributed by atoms with Gasteiger partial charge in [0.05, 0.1) is 14.2 Å². The Kier molecular flexibility index (Phi) is 9.41. The SMILES string of the molecule is CNCC(C)C(=O)NCc1cc(OC)c(OC)cc1Br.Cl. The zero-order chi connectivity index (χ0) is 15.1. The van der Waals surface area contributed by atoms with E-state index >= 15 is 0 Å². The average molecular weight is 382 g/mol. The van der Waals surface area contributed by atoms with E-state index in [9.17, 15) is 4.79 Å². The molecule has 7 heteroatoms. The molecule has 1 unspecified atom stereocenters. The Bertz CT molecular complexity index is 472. The third-order valence-corrected chi connectivity index (χ3v) is 3.70. The van der Waals surface area contributed by atoms with Crippen molar-refractivity contribution in [1.29, 1.82) is 0 Å². The van der Waals surface area contributed by atoms with E-state index in [2.05, 4.69) is 26.6 Å². The topological polar surface area (TPSA) is 59.6 Å². The lowest BCUT2D eigenvalue weighted by Crippen LogP contribution is -2.33. The van der Waals surface area contributed by atoms with E-state index in [-0.39, 0.29) is 24.2 Å². The van der Waals surface area contributed by atoms with E-state index in [0.29, 0.717) is 24.6 Å². The Morgan fingerprint density at radius 2 is 1.86 bits per heavy atom. The molecule has 0 fully saturated rings. The molecule has 2 N–H and O–H groups in total. The van der Waals surface area contributed by atoms with Crippen LogP contribution >= 0.6 is 28.3 Å². The first-order valence-corrected chi connectivity index (χ1v) is 7.15. The molecule has 1 aromatic carbocycles. The minimum absolute atomic E-state index is 0. The van der Waals surface area contributed by atoms with E-state index < -0.39 is 0 Å². The fourth-order valence-electron chi connectivity index (χ4n) is 1.79. The summed E-state index contributed by atoms with van der Waals surface area (Å²) in [5.74, 6) is 1.24. The van der Waals surface area contributed by atoms with Crippen molar-refractivity contribution in [3.63, 3.8) is 0 Å². The predicted molar refractivity (Wildman–Crippen MR) is 89.4 cm³/mol. The summed E-state index contributed by atoms with van der Waals surface area (Å²) in [6, 6.07) is 3.68. The largest absolute Gasteiger partial charge is 0.493 e. The first kappa shape index (κ1) is 20.0. The molecule has 0 heterocycles. The van der Waals surface area contributed by atoms with Crippen molar-refractivity contribution in [2.45, 2.75) is 13.5 Å². The number of hydrogen-bond acceptors (Lipinski definition) is 4. The highest BCUT2D eigenvalue weighted by molar-refractivity contribution is 9.10. The van der Waals surface area contributed by atoms with Gasteiger partial charge in [0.25, 0.3) is 0 Å². The summed E-state index contributed by atoms with van der Waals surface area (Å²) in [5.41, 5.74) is 0.938. The molecule has 1 rings (SSSR count). The van der Waals surface area contributed by atoms with Gasteiger partial charge in [-0.1, -0.05) is 22.9 Å².